The highest BCUT2D eigenvalue weighted by atomic mass is 17.0. The molecule has 1 atom stereocenters. The number of unbranched alkanes of at least 4 members (excludes halogenated alkanes) is 11. The quantitative estimate of drug-likeness (QED) is 0.192. The van der Waals surface area contributed by atoms with Crippen molar-refractivity contribution in [3.63, 3.8) is 0 Å². The second kappa shape index (κ2) is 22.1. The summed E-state index contributed by atoms with van der Waals surface area (Å²) in [5.74, 6) is 0. The van der Waals surface area contributed by atoms with Gasteiger partial charge in [-0.25, -0.2) is 0 Å². The van der Waals surface area contributed by atoms with E-state index < -0.39 is 0 Å². The second-order valence-corrected chi connectivity index (χ2v) is 7.52. The minimum Gasteiger partial charge on any atom is -0.394 e. The Kier molecular flexibility index (Phi) is 21.9. The van der Waals surface area contributed by atoms with Crippen LogP contribution >= 0.6 is 0 Å². The SMILES string of the molecule is CCCCCCCCCC(CCCCCCCC)N(OCCO)OCCO. The Hall–Kier alpha value is -0.200. The summed E-state index contributed by atoms with van der Waals surface area (Å²) >= 11 is 0. The lowest BCUT2D eigenvalue weighted by molar-refractivity contribution is -0.392. The predicted octanol–water partition coefficient (Wildman–Crippen LogP) is 5.40. The average Bonchev–Trinajstić information content (AvgIpc) is 2.68. The first kappa shape index (κ1) is 26.8. The maximum Gasteiger partial charge on any atom is 0.0942 e. The van der Waals surface area contributed by atoms with Crippen LogP contribution in [0.15, 0.2) is 0 Å². The Morgan fingerprint density at radius 1 is 0.593 bits per heavy atom. The van der Waals surface area contributed by atoms with E-state index in [-0.39, 0.29) is 32.5 Å². The van der Waals surface area contributed by atoms with Crippen LogP contribution in [0.2, 0.25) is 0 Å². The molecule has 0 aliphatic carbocycles. The monoisotopic (exact) mass is 389 g/mol. The third kappa shape index (κ3) is 17.6. The predicted molar refractivity (Wildman–Crippen MR) is 112 cm³/mol. The largest absolute Gasteiger partial charge is 0.394 e. The molecule has 5 heteroatoms. The number of aliphatic hydroxyl groups is 2. The van der Waals surface area contributed by atoms with Crippen molar-refractivity contribution in [1.82, 2.24) is 5.23 Å². The Bertz CT molecular complexity index is 271. The van der Waals surface area contributed by atoms with Gasteiger partial charge in [-0.15, -0.1) is 0 Å². The first-order valence-corrected chi connectivity index (χ1v) is 11.6. The van der Waals surface area contributed by atoms with Crippen LogP contribution in [-0.4, -0.2) is 47.9 Å². The van der Waals surface area contributed by atoms with E-state index in [0.717, 1.165) is 12.8 Å². The van der Waals surface area contributed by atoms with Gasteiger partial charge in [0.25, 0.3) is 0 Å². The topological polar surface area (TPSA) is 62.2 Å². The zero-order chi connectivity index (χ0) is 20.0. The molecule has 0 aromatic carbocycles. The molecule has 0 saturated heterocycles. The van der Waals surface area contributed by atoms with Crippen molar-refractivity contribution in [3.8, 4) is 0 Å². The van der Waals surface area contributed by atoms with Gasteiger partial charge < -0.3 is 10.2 Å². The third-order valence-electron chi connectivity index (χ3n) is 4.95. The number of hydrogen-bond acceptors (Lipinski definition) is 5. The van der Waals surface area contributed by atoms with Crippen LogP contribution in [0, 0.1) is 0 Å². The van der Waals surface area contributed by atoms with Crippen molar-refractivity contribution in [2.75, 3.05) is 26.4 Å². The Balaban J connectivity index is 4.29. The van der Waals surface area contributed by atoms with E-state index in [1.165, 1.54) is 83.5 Å². The van der Waals surface area contributed by atoms with Crippen LogP contribution in [0.5, 0.6) is 0 Å². The molecule has 0 radical (unpaired) electrons. The number of nitrogens with zero attached hydrogens (tertiary/aromatic N) is 1. The number of hydrogen-bond donors (Lipinski definition) is 2. The summed E-state index contributed by atoms with van der Waals surface area (Å²) in [6.45, 7) is 4.90. The normalized spacial score (nSPS) is 12.8. The molecule has 0 heterocycles. The zero-order valence-electron chi connectivity index (χ0n) is 18.2. The maximum atomic E-state index is 9.08. The van der Waals surface area contributed by atoms with Crippen LogP contribution in [0.25, 0.3) is 0 Å². The van der Waals surface area contributed by atoms with E-state index in [2.05, 4.69) is 13.8 Å². The van der Waals surface area contributed by atoms with Gasteiger partial charge in [0.15, 0.2) is 0 Å². The lowest BCUT2D eigenvalue weighted by atomic mass is 10.0. The third-order valence-corrected chi connectivity index (χ3v) is 4.95. The highest BCUT2D eigenvalue weighted by Crippen LogP contribution is 2.19. The van der Waals surface area contributed by atoms with Gasteiger partial charge in [-0.1, -0.05) is 103 Å². The molecule has 5 nitrogen and oxygen atoms in total. The van der Waals surface area contributed by atoms with Crippen molar-refractivity contribution in [3.05, 3.63) is 0 Å². The van der Waals surface area contributed by atoms with E-state index in [4.69, 9.17) is 19.9 Å². The molecular weight excluding hydrogens is 342 g/mol. The molecule has 0 saturated carbocycles. The fraction of sp³-hybridized carbons (Fsp3) is 1.00. The Morgan fingerprint density at radius 3 is 1.33 bits per heavy atom. The van der Waals surface area contributed by atoms with Crippen LogP contribution in [0.3, 0.4) is 0 Å². The van der Waals surface area contributed by atoms with Crippen molar-refractivity contribution in [2.24, 2.45) is 0 Å². The van der Waals surface area contributed by atoms with Crippen LogP contribution in [0.4, 0.5) is 0 Å². The number of rotatable bonds is 22. The van der Waals surface area contributed by atoms with E-state index in [9.17, 15) is 0 Å². The van der Waals surface area contributed by atoms with Gasteiger partial charge >= 0.3 is 0 Å². The highest BCUT2D eigenvalue weighted by molar-refractivity contribution is 4.64. The van der Waals surface area contributed by atoms with Gasteiger partial charge in [-0.2, -0.15) is 0 Å². The van der Waals surface area contributed by atoms with Gasteiger partial charge in [-0.05, 0) is 12.8 Å². The van der Waals surface area contributed by atoms with Crippen LogP contribution < -0.4 is 0 Å². The molecule has 0 fully saturated rings. The minimum atomic E-state index is -0.0276. The summed E-state index contributed by atoms with van der Waals surface area (Å²) in [5.41, 5.74) is 0. The first-order chi connectivity index (χ1) is 13.3. The summed E-state index contributed by atoms with van der Waals surface area (Å²) in [5, 5.41) is 19.7. The molecule has 0 aliphatic rings. The van der Waals surface area contributed by atoms with E-state index in [1.807, 2.05) is 0 Å². The lowest BCUT2D eigenvalue weighted by Gasteiger charge is -2.29. The minimum absolute atomic E-state index is 0.0276. The fourth-order valence-corrected chi connectivity index (χ4v) is 3.36. The molecule has 0 aromatic rings. The maximum absolute atomic E-state index is 9.08. The molecule has 0 aromatic heterocycles. The molecule has 164 valence electrons. The summed E-state index contributed by atoms with van der Waals surface area (Å²) < 4.78 is 0. The molecule has 1 unspecified atom stereocenters. The molecule has 2 N–H and O–H groups in total. The van der Waals surface area contributed by atoms with Crippen molar-refractivity contribution in [1.29, 1.82) is 0 Å². The molecule has 27 heavy (non-hydrogen) atoms. The molecule has 0 aliphatic heterocycles. The number of hydroxylamine groups is 2. The Labute approximate surface area is 168 Å². The fourth-order valence-electron chi connectivity index (χ4n) is 3.36. The summed E-state index contributed by atoms with van der Waals surface area (Å²) in [6.07, 6.45) is 18.8. The Morgan fingerprint density at radius 2 is 0.963 bits per heavy atom. The standard InChI is InChI=1S/C22H47NO4/c1-3-5-7-9-11-13-15-17-22(16-14-12-10-8-6-4-2)23(26-20-18-24)27-21-19-25/h22,24-25H,3-21H2,1-2H3. The van der Waals surface area contributed by atoms with Gasteiger partial charge in [0, 0.05) is 0 Å². The molecule has 0 amide bonds. The summed E-state index contributed by atoms with van der Waals surface area (Å²) in [4.78, 5) is 11.2. The summed E-state index contributed by atoms with van der Waals surface area (Å²) in [7, 11) is 0. The van der Waals surface area contributed by atoms with Crippen molar-refractivity contribution in [2.45, 2.75) is 116 Å². The van der Waals surface area contributed by atoms with Crippen LogP contribution in [-0.2, 0) is 9.68 Å². The van der Waals surface area contributed by atoms with Gasteiger partial charge in [-0.3, -0.25) is 9.68 Å². The van der Waals surface area contributed by atoms with Gasteiger partial charge in [0.1, 0.15) is 0 Å². The number of aliphatic hydroxyl groups excluding tert-OH is 2. The van der Waals surface area contributed by atoms with Crippen LogP contribution in [0.1, 0.15) is 110 Å². The van der Waals surface area contributed by atoms with E-state index >= 15 is 0 Å². The van der Waals surface area contributed by atoms with Gasteiger partial charge in [0.2, 0.25) is 0 Å². The summed E-state index contributed by atoms with van der Waals surface area (Å²) in [6, 6.07) is 0.199. The molecule has 0 rings (SSSR count). The van der Waals surface area contributed by atoms with Crippen molar-refractivity contribution < 1.29 is 19.9 Å². The van der Waals surface area contributed by atoms with E-state index in [0.29, 0.717) is 0 Å². The lowest BCUT2D eigenvalue weighted by Crippen LogP contribution is -2.37. The van der Waals surface area contributed by atoms with Gasteiger partial charge in [0.05, 0.1) is 32.5 Å². The molecular formula is C22H47NO4. The van der Waals surface area contributed by atoms with E-state index in [1.54, 1.807) is 5.23 Å². The van der Waals surface area contributed by atoms with Crippen molar-refractivity contribution >= 4 is 0 Å². The molecule has 0 spiro atoms. The smallest absolute Gasteiger partial charge is 0.0942 e. The zero-order valence-corrected chi connectivity index (χ0v) is 18.2. The second-order valence-electron chi connectivity index (χ2n) is 7.52. The highest BCUT2D eigenvalue weighted by Gasteiger charge is 2.20. The average molecular weight is 390 g/mol. The molecule has 0 bridgehead atoms. The first-order valence-electron chi connectivity index (χ1n) is 11.6.